The summed E-state index contributed by atoms with van der Waals surface area (Å²) in [6.45, 7) is 1.00. The highest BCUT2D eigenvalue weighted by atomic mass is 19.1. The molecule has 0 bridgehead atoms. The fraction of sp³-hybridized carbons (Fsp3) is 0.200. The van der Waals surface area contributed by atoms with Gasteiger partial charge in [0.2, 0.25) is 0 Å². The summed E-state index contributed by atoms with van der Waals surface area (Å²) in [6, 6.07) is 9.61. The largest absolute Gasteiger partial charge is 0.399 e. The van der Waals surface area contributed by atoms with Gasteiger partial charge in [0.15, 0.2) is 0 Å². The molecule has 0 spiro atoms. The van der Waals surface area contributed by atoms with Crippen molar-refractivity contribution < 1.29 is 8.78 Å². The normalized spacial score (nSPS) is 13.7. The van der Waals surface area contributed by atoms with Crippen LogP contribution in [0, 0.1) is 11.6 Å². The summed E-state index contributed by atoms with van der Waals surface area (Å²) in [5.41, 5.74) is 8.72. The fourth-order valence-electron chi connectivity index (χ4n) is 2.53. The Kier molecular flexibility index (Phi) is 2.85. The minimum atomic E-state index is -0.496. The quantitative estimate of drug-likeness (QED) is 0.841. The molecule has 0 saturated carbocycles. The molecule has 2 aromatic carbocycles. The van der Waals surface area contributed by atoms with Crippen LogP contribution in [-0.2, 0) is 13.0 Å². The van der Waals surface area contributed by atoms with Crippen molar-refractivity contribution in [2.24, 2.45) is 0 Å². The van der Waals surface area contributed by atoms with Gasteiger partial charge in [-0.05, 0) is 42.3 Å². The van der Waals surface area contributed by atoms with E-state index in [4.69, 9.17) is 5.73 Å². The van der Waals surface area contributed by atoms with Gasteiger partial charge in [0.25, 0.3) is 0 Å². The summed E-state index contributed by atoms with van der Waals surface area (Å²) in [5, 5.41) is 0. The number of nitrogens with zero attached hydrogens (tertiary/aromatic N) is 1. The van der Waals surface area contributed by atoms with Gasteiger partial charge in [0.05, 0.1) is 0 Å². The van der Waals surface area contributed by atoms with Gasteiger partial charge in [0.1, 0.15) is 11.6 Å². The number of hydrogen-bond acceptors (Lipinski definition) is 2. The molecule has 0 fully saturated rings. The van der Waals surface area contributed by atoms with E-state index in [1.165, 1.54) is 18.2 Å². The zero-order valence-electron chi connectivity index (χ0n) is 10.4. The zero-order chi connectivity index (χ0) is 13.4. The number of hydrogen-bond donors (Lipinski definition) is 1. The second-order valence-corrected chi connectivity index (χ2v) is 4.76. The average Bonchev–Trinajstić information content (AvgIpc) is 2.76. The van der Waals surface area contributed by atoms with E-state index >= 15 is 0 Å². The number of anilines is 2. The number of nitrogen functional groups attached to an aromatic ring is 1. The van der Waals surface area contributed by atoms with Crippen molar-refractivity contribution in [3.63, 3.8) is 0 Å². The number of rotatable bonds is 2. The number of benzene rings is 2. The predicted octanol–water partition coefficient (Wildman–Crippen LogP) is 3.11. The number of halogens is 2. The van der Waals surface area contributed by atoms with Gasteiger partial charge in [-0.2, -0.15) is 0 Å². The van der Waals surface area contributed by atoms with Crippen LogP contribution in [0.4, 0.5) is 20.2 Å². The third-order valence-electron chi connectivity index (χ3n) is 3.51. The average molecular weight is 260 g/mol. The highest BCUT2D eigenvalue weighted by molar-refractivity contribution is 5.63. The number of nitrogens with two attached hydrogens (primary N) is 1. The van der Waals surface area contributed by atoms with Crippen LogP contribution < -0.4 is 10.6 Å². The lowest BCUT2D eigenvalue weighted by atomic mass is 10.1. The molecule has 2 aromatic rings. The molecule has 0 aliphatic carbocycles. The lowest BCUT2D eigenvalue weighted by molar-refractivity contribution is 0.551. The highest BCUT2D eigenvalue weighted by Gasteiger charge is 2.21. The van der Waals surface area contributed by atoms with Crippen LogP contribution in [-0.4, -0.2) is 6.54 Å². The molecule has 0 amide bonds. The van der Waals surface area contributed by atoms with E-state index in [9.17, 15) is 8.78 Å². The SMILES string of the molecule is Nc1ccc2c(c1)CCN2Cc1c(F)cccc1F. The Morgan fingerprint density at radius 2 is 1.84 bits per heavy atom. The molecular weight excluding hydrogens is 246 g/mol. The van der Waals surface area contributed by atoms with Crippen molar-refractivity contribution in [1.82, 2.24) is 0 Å². The first-order chi connectivity index (χ1) is 9.15. The number of fused-ring (bicyclic) bond motifs is 1. The second-order valence-electron chi connectivity index (χ2n) is 4.76. The fourth-order valence-corrected chi connectivity index (χ4v) is 2.53. The van der Waals surface area contributed by atoms with Gasteiger partial charge < -0.3 is 10.6 Å². The van der Waals surface area contributed by atoms with Crippen molar-refractivity contribution in [2.45, 2.75) is 13.0 Å². The smallest absolute Gasteiger partial charge is 0.131 e. The summed E-state index contributed by atoms with van der Waals surface area (Å²) < 4.78 is 27.3. The lowest BCUT2D eigenvalue weighted by Gasteiger charge is -2.20. The van der Waals surface area contributed by atoms with Gasteiger partial charge in [-0.1, -0.05) is 6.07 Å². The molecule has 2 N–H and O–H groups in total. The molecular formula is C15H14F2N2. The molecule has 4 heteroatoms. The van der Waals surface area contributed by atoms with Gasteiger partial charge in [-0.15, -0.1) is 0 Å². The van der Waals surface area contributed by atoms with Crippen LogP contribution in [0.15, 0.2) is 36.4 Å². The Balaban J connectivity index is 1.91. The molecule has 0 saturated heterocycles. The molecule has 1 aliphatic rings. The highest BCUT2D eigenvalue weighted by Crippen LogP contribution is 2.31. The summed E-state index contributed by atoms with van der Waals surface area (Å²) in [4.78, 5) is 1.98. The van der Waals surface area contributed by atoms with Gasteiger partial charge in [-0.25, -0.2) is 8.78 Å². The van der Waals surface area contributed by atoms with Gasteiger partial charge in [0, 0.05) is 30.0 Å². The predicted molar refractivity (Wildman–Crippen MR) is 72.0 cm³/mol. The van der Waals surface area contributed by atoms with Crippen LogP contribution in [0.5, 0.6) is 0 Å². The molecule has 1 aliphatic heterocycles. The molecule has 0 unspecified atom stereocenters. The Morgan fingerprint density at radius 3 is 2.58 bits per heavy atom. The molecule has 0 aromatic heterocycles. The van der Waals surface area contributed by atoms with Crippen molar-refractivity contribution in [2.75, 3.05) is 17.2 Å². The molecule has 98 valence electrons. The molecule has 2 nitrogen and oxygen atoms in total. The maximum absolute atomic E-state index is 13.7. The van der Waals surface area contributed by atoms with E-state index in [2.05, 4.69) is 0 Å². The van der Waals surface area contributed by atoms with Crippen LogP contribution >= 0.6 is 0 Å². The third kappa shape index (κ3) is 2.14. The Labute approximate surface area is 110 Å². The van der Waals surface area contributed by atoms with Crippen LogP contribution in [0.25, 0.3) is 0 Å². The van der Waals surface area contributed by atoms with E-state index < -0.39 is 11.6 Å². The van der Waals surface area contributed by atoms with Crippen molar-refractivity contribution in [1.29, 1.82) is 0 Å². The van der Waals surface area contributed by atoms with E-state index in [0.29, 0.717) is 0 Å². The Morgan fingerprint density at radius 1 is 1.11 bits per heavy atom. The first-order valence-corrected chi connectivity index (χ1v) is 6.21. The van der Waals surface area contributed by atoms with Crippen LogP contribution in [0.1, 0.15) is 11.1 Å². The zero-order valence-corrected chi connectivity index (χ0v) is 10.4. The van der Waals surface area contributed by atoms with E-state index in [1.807, 2.05) is 23.1 Å². The Bertz CT molecular complexity index is 605. The Hall–Kier alpha value is -2.10. The molecule has 1 heterocycles. The molecule has 0 radical (unpaired) electrons. The summed E-state index contributed by atoms with van der Waals surface area (Å²) in [6.07, 6.45) is 0.858. The maximum Gasteiger partial charge on any atom is 0.131 e. The topological polar surface area (TPSA) is 29.3 Å². The molecule has 0 atom stereocenters. The summed E-state index contributed by atoms with van der Waals surface area (Å²) in [5.74, 6) is -0.993. The minimum absolute atomic E-state index is 0.118. The van der Waals surface area contributed by atoms with Crippen molar-refractivity contribution >= 4 is 11.4 Å². The van der Waals surface area contributed by atoms with E-state index in [-0.39, 0.29) is 12.1 Å². The van der Waals surface area contributed by atoms with Crippen LogP contribution in [0.2, 0.25) is 0 Å². The first kappa shape index (κ1) is 12.0. The minimum Gasteiger partial charge on any atom is -0.399 e. The summed E-state index contributed by atoms with van der Waals surface area (Å²) in [7, 11) is 0. The second kappa shape index (κ2) is 4.53. The maximum atomic E-state index is 13.7. The standard InChI is InChI=1S/C15H14F2N2/c16-13-2-1-3-14(17)12(13)9-19-7-6-10-8-11(18)4-5-15(10)19/h1-5,8H,6-7,9,18H2. The first-order valence-electron chi connectivity index (χ1n) is 6.21. The van der Waals surface area contributed by atoms with Crippen molar-refractivity contribution in [3.05, 3.63) is 59.2 Å². The molecule has 3 rings (SSSR count). The van der Waals surface area contributed by atoms with Crippen LogP contribution in [0.3, 0.4) is 0 Å². The molecule has 19 heavy (non-hydrogen) atoms. The summed E-state index contributed by atoms with van der Waals surface area (Å²) >= 11 is 0. The third-order valence-corrected chi connectivity index (χ3v) is 3.51. The van der Waals surface area contributed by atoms with Crippen molar-refractivity contribution in [3.8, 4) is 0 Å². The van der Waals surface area contributed by atoms with Gasteiger partial charge >= 0.3 is 0 Å². The monoisotopic (exact) mass is 260 g/mol. The van der Waals surface area contributed by atoms with E-state index in [0.717, 1.165) is 29.9 Å². The van der Waals surface area contributed by atoms with E-state index in [1.54, 1.807) is 0 Å². The lowest BCUT2D eigenvalue weighted by Crippen LogP contribution is -2.21. The van der Waals surface area contributed by atoms with Gasteiger partial charge in [-0.3, -0.25) is 0 Å².